The highest BCUT2D eigenvalue weighted by Gasteiger charge is 2.22. The summed E-state index contributed by atoms with van der Waals surface area (Å²) in [5, 5.41) is 13.4. The molecule has 3 rings (SSSR count). The molecule has 104 valence electrons. The van der Waals surface area contributed by atoms with Gasteiger partial charge in [0.15, 0.2) is 0 Å². The van der Waals surface area contributed by atoms with Gasteiger partial charge in [-0.05, 0) is 61.1 Å². The minimum atomic E-state index is 0.252. The van der Waals surface area contributed by atoms with Gasteiger partial charge in [0.2, 0.25) is 0 Å². The Labute approximate surface area is 119 Å². The van der Waals surface area contributed by atoms with E-state index in [1.165, 1.54) is 23.1 Å². The minimum Gasteiger partial charge on any atom is -0.508 e. The van der Waals surface area contributed by atoms with Crippen LogP contribution in [0.15, 0.2) is 42.7 Å². The number of nitrogens with zero attached hydrogens (tertiary/aromatic N) is 1. The van der Waals surface area contributed by atoms with Crippen molar-refractivity contribution in [3.05, 3.63) is 59.4 Å². The molecule has 1 aliphatic carbocycles. The van der Waals surface area contributed by atoms with Crippen LogP contribution >= 0.6 is 0 Å². The molecule has 1 aliphatic rings. The van der Waals surface area contributed by atoms with Gasteiger partial charge in [-0.3, -0.25) is 4.98 Å². The number of benzene rings is 1. The van der Waals surface area contributed by atoms with E-state index in [0.29, 0.717) is 11.8 Å². The number of aromatic nitrogens is 1. The molecule has 0 saturated carbocycles. The van der Waals surface area contributed by atoms with Crippen molar-refractivity contribution in [1.82, 2.24) is 10.3 Å². The summed E-state index contributed by atoms with van der Waals surface area (Å²) in [5.74, 6) is 0.353. The SMILES string of the molecule is CC(NC1CCCc2ccc(O)cc21)c1cccnc1. The summed E-state index contributed by atoms with van der Waals surface area (Å²) in [4.78, 5) is 4.18. The van der Waals surface area contributed by atoms with Crippen LogP contribution in [0.1, 0.15) is 48.5 Å². The lowest BCUT2D eigenvalue weighted by molar-refractivity contribution is 0.410. The van der Waals surface area contributed by atoms with Gasteiger partial charge in [-0.25, -0.2) is 0 Å². The molecule has 2 aromatic rings. The third-order valence-corrected chi connectivity index (χ3v) is 4.08. The van der Waals surface area contributed by atoms with Gasteiger partial charge in [-0.1, -0.05) is 12.1 Å². The zero-order chi connectivity index (χ0) is 13.9. The number of hydrogen-bond acceptors (Lipinski definition) is 3. The molecular formula is C17H20N2O. The number of phenols is 1. The van der Waals surface area contributed by atoms with Gasteiger partial charge in [0.25, 0.3) is 0 Å². The number of phenolic OH excluding ortho intramolecular Hbond substituents is 1. The molecule has 2 unspecified atom stereocenters. The predicted molar refractivity (Wildman–Crippen MR) is 79.6 cm³/mol. The fourth-order valence-electron chi connectivity index (χ4n) is 2.99. The molecule has 0 spiro atoms. The number of hydrogen-bond donors (Lipinski definition) is 2. The number of rotatable bonds is 3. The first kappa shape index (κ1) is 13.1. The molecule has 0 fully saturated rings. The molecule has 0 saturated heterocycles. The average molecular weight is 268 g/mol. The predicted octanol–water partition coefficient (Wildman–Crippen LogP) is 3.52. The minimum absolute atomic E-state index is 0.252. The Bertz CT molecular complexity index is 583. The largest absolute Gasteiger partial charge is 0.508 e. The highest BCUT2D eigenvalue weighted by Crippen LogP contribution is 2.33. The highest BCUT2D eigenvalue weighted by atomic mass is 16.3. The fraction of sp³-hybridized carbons (Fsp3) is 0.353. The fourth-order valence-corrected chi connectivity index (χ4v) is 2.99. The standard InChI is InChI=1S/C17H20N2O/c1-12(14-5-3-9-18-11-14)19-17-6-2-4-13-7-8-15(20)10-16(13)17/h3,5,7-12,17,19-20H,2,4,6H2,1H3. The number of aryl methyl sites for hydroxylation is 1. The van der Waals surface area contributed by atoms with Crippen molar-refractivity contribution < 1.29 is 5.11 Å². The van der Waals surface area contributed by atoms with Crippen molar-refractivity contribution in [3.63, 3.8) is 0 Å². The first-order valence-electron chi connectivity index (χ1n) is 7.22. The van der Waals surface area contributed by atoms with Gasteiger partial charge in [-0.15, -0.1) is 0 Å². The Morgan fingerprint density at radius 1 is 1.35 bits per heavy atom. The zero-order valence-corrected chi connectivity index (χ0v) is 11.7. The lowest BCUT2D eigenvalue weighted by Gasteiger charge is -2.29. The van der Waals surface area contributed by atoms with E-state index < -0.39 is 0 Å². The molecule has 1 aromatic heterocycles. The van der Waals surface area contributed by atoms with E-state index in [9.17, 15) is 5.11 Å². The molecule has 1 aromatic carbocycles. The van der Waals surface area contributed by atoms with Crippen LogP contribution in [0.25, 0.3) is 0 Å². The van der Waals surface area contributed by atoms with E-state index in [4.69, 9.17) is 0 Å². The van der Waals surface area contributed by atoms with Crippen LogP contribution in [0.5, 0.6) is 5.75 Å². The normalized spacial score (nSPS) is 19.4. The van der Waals surface area contributed by atoms with Crippen molar-refractivity contribution in [1.29, 1.82) is 0 Å². The maximum Gasteiger partial charge on any atom is 0.115 e. The van der Waals surface area contributed by atoms with Crippen LogP contribution < -0.4 is 5.32 Å². The summed E-state index contributed by atoms with van der Waals surface area (Å²) in [7, 11) is 0. The number of nitrogens with one attached hydrogen (secondary N) is 1. The average Bonchev–Trinajstić information content (AvgIpc) is 2.49. The topological polar surface area (TPSA) is 45.1 Å². The zero-order valence-electron chi connectivity index (χ0n) is 11.7. The van der Waals surface area contributed by atoms with Crippen LogP contribution in [0, 0.1) is 0 Å². The van der Waals surface area contributed by atoms with E-state index in [2.05, 4.69) is 23.3 Å². The van der Waals surface area contributed by atoms with Crippen LogP contribution in [-0.2, 0) is 6.42 Å². The number of fused-ring (bicyclic) bond motifs is 1. The van der Waals surface area contributed by atoms with Crippen molar-refractivity contribution in [2.24, 2.45) is 0 Å². The summed E-state index contributed by atoms with van der Waals surface area (Å²) in [6, 6.07) is 10.4. The third kappa shape index (κ3) is 2.68. The van der Waals surface area contributed by atoms with Gasteiger partial charge in [0.1, 0.15) is 5.75 Å². The molecule has 0 radical (unpaired) electrons. The van der Waals surface area contributed by atoms with Crippen molar-refractivity contribution >= 4 is 0 Å². The second kappa shape index (κ2) is 5.63. The van der Waals surface area contributed by atoms with E-state index in [1.54, 1.807) is 12.3 Å². The molecule has 20 heavy (non-hydrogen) atoms. The van der Waals surface area contributed by atoms with Gasteiger partial charge in [0.05, 0.1) is 0 Å². The smallest absolute Gasteiger partial charge is 0.115 e. The number of aromatic hydroxyl groups is 1. The lowest BCUT2D eigenvalue weighted by atomic mass is 9.87. The Balaban J connectivity index is 1.81. The summed E-state index contributed by atoms with van der Waals surface area (Å²) in [6.45, 7) is 2.16. The first-order chi connectivity index (χ1) is 9.74. The van der Waals surface area contributed by atoms with Gasteiger partial charge >= 0.3 is 0 Å². The Morgan fingerprint density at radius 2 is 2.25 bits per heavy atom. The third-order valence-electron chi connectivity index (χ3n) is 4.08. The van der Waals surface area contributed by atoms with Crippen LogP contribution in [0.3, 0.4) is 0 Å². The Kier molecular flexibility index (Phi) is 3.70. The van der Waals surface area contributed by atoms with E-state index in [0.717, 1.165) is 12.8 Å². The molecular weight excluding hydrogens is 248 g/mol. The van der Waals surface area contributed by atoms with E-state index >= 15 is 0 Å². The van der Waals surface area contributed by atoms with Crippen molar-refractivity contribution in [2.75, 3.05) is 0 Å². The summed E-state index contributed by atoms with van der Waals surface area (Å²) >= 11 is 0. The van der Waals surface area contributed by atoms with Crippen LogP contribution in [0.4, 0.5) is 0 Å². The summed E-state index contributed by atoms with van der Waals surface area (Å²) in [5.41, 5.74) is 3.79. The Morgan fingerprint density at radius 3 is 3.05 bits per heavy atom. The van der Waals surface area contributed by atoms with Crippen LogP contribution in [0.2, 0.25) is 0 Å². The molecule has 3 nitrogen and oxygen atoms in total. The molecule has 1 heterocycles. The van der Waals surface area contributed by atoms with Crippen molar-refractivity contribution in [3.8, 4) is 5.75 Å². The summed E-state index contributed by atoms with van der Waals surface area (Å²) in [6.07, 6.45) is 7.11. The maximum absolute atomic E-state index is 9.72. The van der Waals surface area contributed by atoms with E-state index in [1.807, 2.05) is 24.4 Å². The maximum atomic E-state index is 9.72. The molecule has 0 amide bonds. The number of pyridine rings is 1. The van der Waals surface area contributed by atoms with Gasteiger partial charge in [-0.2, -0.15) is 0 Å². The molecule has 2 atom stereocenters. The second-order valence-corrected chi connectivity index (χ2v) is 5.50. The molecule has 0 aliphatic heterocycles. The monoisotopic (exact) mass is 268 g/mol. The summed E-state index contributed by atoms with van der Waals surface area (Å²) < 4.78 is 0. The lowest BCUT2D eigenvalue weighted by Crippen LogP contribution is -2.27. The van der Waals surface area contributed by atoms with Gasteiger partial charge in [0, 0.05) is 24.5 Å². The molecule has 2 N–H and O–H groups in total. The molecule has 0 bridgehead atoms. The molecule has 3 heteroatoms. The quantitative estimate of drug-likeness (QED) is 0.895. The highest BCUT2D eigenvalue weighted by molar-refractivity contribution is 5.38. The second-order valence-electron chi connectivity index (χ2n) is 5.50. The van der Waals surface area contributed by atoms with E-state index in [-0.39, 0.29) is 6.04 Å². The van der Waals surface area contributed by atoms with Gasteiger partial charge < -0.3 is 10.4 Å². The Hall–Kier alpha value is -1.87. The van der Waals surface area contributed by atoms with Crippen molar-refractivity contribution in [2.45, 2.75) is 38.3 Å². The first-order valence-corrected chi connectivity index (χ1v) is 7.22. The van der Waals surface area contributed by atoms with Crippen LogP contribution in [-0.4, -0.2) is 10.1 Å².